The summed E-state index contributed by atoms with van der Waals surface area (Å²) in [6.07, 6.45) is 0. The molecule has 5 aromatic rings. The van der Waals surface area contributed by atoms with Crippen LogP contribution in [0, 0.1) is 12.7 Å². The van der Waals surface area contributed by atoms with Crippen molar-refractivity contribution < 1.29 is 13.7 Å². The lowest BCUT2D eigenvalue weighted by Crippen LogP contribution is -2.15. The average Bonchev–Trinajstić information content (AvgIpc) is 3.36. The van der Waals surface area contributed by atoms with E-state index in [4.69, 9.17) is 4.52 Å². The average molecular weight is 427 g/mol. The van der Waals surface area contributed by atoms with Gasteiger partial charge in [-0.3, -0.25) is 9.48 Å². The van der Waals surface area contributed by atoms with Gasteiger partial charge in [0, 0.05) is 24.2 Å². The predicted octanol–water partition coefficient (Wildman–Crippen LogP) is 4.99. The highest BCUT2D eigenvalue weighted by Crippen LogP contribution is 2.33. The van der Waals surface area contributed by atoms with Crippen molar-refractivity contribution >= 4 is 22.8 Å². The smallest absolute Gasteiger partial charge is 0.259 e. The van der Waals surface area contributed by atoms with E-state index in [0.29, 0.717) is 33.7 Å². The maximum Gasteiger partial charge on any atom is 0.259 e. The van der Waals surface area contributed by atoms with Gasteiger partial charge in [0.2, 0.25) is 0 Å². The second-order valence-corrected chi connectivity index (χ2v) is 7.39. The number of hydrogen-bond donors (Lipinski definition) is 1. The molecule has 3 aromatic heterocycles. The summed E-state index contributed by atoms with van der Waals surface area (Å²) in [5, 5.41) is 11.8. The minimum absolute atomic E-state index is 0.219. The normalized spacial score (nSPS) is 11.1. The summed E-state index contributed by atoms with van der Waals surface area (Å²) in [6.45, 7) is 1.85. The van der Waals surface area contributed by atoms with Gasteiger partial charge in [0.1, 0.15) is 17.3 Å². The molecule has 0 aliphatic carbocycles. The van der Waals surface area contributed by atoms with Crippen molar-refractivity contribution in [1.29, 1.82) is 0 Å². The lowest BCUT2D eigenvalue weighted by Gasteiger charge is -2.09. The van der Waals surface area contributed by atoms with E-state index in [1.54, 1.807) is 36.0 Å². The molecule has 32 heavy (non-hydrogen) atoms. The Morgan fingerprint density at radius 1 is 1.03 bits per heavy atom. The fourth-order valence-electron chi connectivity index (χ4n) is 3.60. The number of rotatable bonds is 4. The maximum atomic E-state index is 13.4. The first kappa shape index (κ1) is 19.6. The second-order valence-electron chi connectivity index (χ2n) is 7.39. The zero-order valence-corrected chi connectivity index (χ0v) is 17.3. The number of fused-ring (bicyclic) bond motifs is 1. The molecule has 7 nitrogen and oxygen atoms in total. The monoisotopic (exact) mass is 427 g/mol. The summed E-state index contributed by atoms with van der Waals surface area (Å²) in [4.78, 5) is 18.0. The van der Waals surface area contributed by atoms with Crippen molar-refractivity contribution in [1.82, 2.24) is 19.9 Å². The van der Waals surface area contributed by atoms with Gasteiger partial charge >= 0.3 is 0 Å². The molecule has 158 valence electrons. The molecule has 0 saturated heterocycles. The minimum atomic E-state index is -0.365. The van der Waals surface area contributed by atoms with Gasteiger partial charge < -0.3 is 9.84 Å². The summed E-state index contributed by atoms with van der Waals surface area (Å²) >= 11 is 0. The largest absolute Gasteiger partial charge is 0.335 e. The highest BCUT2D eigenvalue weighted by Gasteiger charge is 2.23. The van der Waals surface area contributed by atoms with Gasteiger partial charge in [-0.05, 0) is 37.3 Å². The van der Waals surface area contributed by atoms with Crippen LogP contribution in [0.1, 0.15) is 16.1 Å². The Morgan fingerprint density at radius 3 is 2.47 bits per heavy atom. The third-order valence-corrected chi connectivity index (χ3v) is 5.12. The van der Waals surface area contributed by atoms with Crippen LogP contribution in [0.25, 0.3) is 33.6 Å². The van der Waals surface area contributed by atoms with Crippen molar-refractivity contribution in [2.75, 3.05) is 5.32 Å². The van der Waals surface area contributed by atoms with Crippen LogP contribution in [0.15, 0.2) is 71.3 Å². The van der Waals surface area contributed by atoms with E-state index in [0.717, 1.165) is 11.3 Å². The first-order valence-electron chi connectivity index (χ1n) is 9.93. The second kappa shape index (κ2) is 7.73. The van der Waals surface area contributed by atoms with Crippen molar-refractivity contribution in [3.8, 4) is 22.5 Å². The maximum absolute atomic E-state index is 13.4. The van der Waals surface area contributed by atoms with Gasteiger partial charge in [-0.25, -0.2) is 9.37 Å². The van der Waals surface area contributed by atoms with E-state index in [-0.39, 0.29) is 17.4 Å². The standard InChI is InChI=1S/C24H18FN5O2/c1-14-12-20(30(2)28-14)27-23(31)18-13-19(15-6-4-3-5-7-15)26-24-21(18)22(29-32-24)16-8-10-17(25)11-9-16/h3-13H,1-2H3,(H,27,31). The summed E-state index contributed by atoms with van der Waals surface area (Å²) < 4.78 is 20.6. The van der Waals surface area contributed by atoms with E-state index in [1.165, 1.54) is 12.1 Å². The molecular formula is C24H18FN5O2. The van der Waals surface area contributed by atoms with Crippen LogP contribution in [0.4, 0.5) is 10.2 Å². The Labute approximate surface area is 182 Å². The Hall–Kier alpha value is -4.33. The Bertz CT molecular complexity index is 1440. The summed E-state index contributed by atoms with van der Waals surface area (Å²) in [5.74, 6) is -0.168. The number of aryl methyl sites for hydroxylation is 2. The predicted molar refractivity (Wildman–Crippen MR) is 119 cm³/mol. The van der Waals surface area contributed by atoms with Gasteiger partial charge in [-0.2, -0.15) is 5.10 Å². The van der Waals surface area contributed by atoms with Crippen LogP contribution < -0.4 is 5.32 Å². The van der Waals surface area contributed by atoms with Gasteiger partial charge in [0.05, 0.1) is 22.3 Å². The SMILES string of the molecule is Cc1cc(NC(=O)c2cc(-c3ccccc3)nc3onc(-c4ccc(F)cc4)c23)n(C)n1. The molecule has 0 unspecified atom stereocenters. The molecule has 5 rings (SSSR count). The van der Waals surface area contributed by atoms with E-state index >= 15 is 0 Å². The van der Waals surface area contributed by atoms with Crippen LogP contribution in [-0.4, -0.2) is 25.8 Å². The fourth-order valence-corrected chi connectivity index (χ4v) is 3.60. The number of nitrogens with zero attached hydrogens (tertiary/aromatic N) is 4. The molecule has 0 atom stereocenters. The van der Waals surface area contributed by atoms with E-state index < -0.39 is 0 Å². The molecule has 0 aliphatic rings. The number of hydrogen-bond acceptors (Lipinski definition) is 5. The van der Waals surface area contributed by atoms with E-state index in [9.17, 15) is 9.18 Å². The van der Waals surface area contributed by atoms with Crippen LogP contribution >= 0.6 is 0 Å². The number of anilines is 1. The summed E-state index contributed by atoms with van der Waals surface area (Å²) in [6, 6.07) is 18.8. The van der Waals surface area contributed by atoms with Crippen LogP contribution in [0.2, 0.25) is 0 Å². The zero-order valence-electron chi connectivity index (χ0n) is 17.3. The Kier molecular flexibility index (Phi) is 4.74. The van der Waals surface area contributed by atoms with Crippen molar-refractivity contribution in [2.24, 2.45) is 7.05 Å². The zero-order chi connectivity index (χ0) is 22.2. The molecule has 0 radical (unpaired) electrons. The third-order valence-electron chi connectivity index (χ3n) is 5.12. The Balaban J connectivity index is 1.69. The molecule has 1 N–H and O–H groups in total. The molecule has 0 spiro atoms. The molecule has 0 aliphatic heterocycles. The molecule has 8 heteroatoms. The molecule has 0 saturated carbocycles. The van der Waals surface area contributed by atoms with Gasteiger partial charge in [-0.15, -0.1) is 0 Å². The molecule has 2 aromatic carbocycles. The first-order chi connectivity index (χ1) is 15.5. The number of amides is 1. The minimum Gasteiger partial charge on any atom is -0.335 e. The van der Waals surface area contributed by atoms with Crippen molar-refractivity contribution in [2.45, 2.75) is 6.92 Å². The van der Waals surface area contributed by atoms with Crippen molar-refractivity contribution in [3.63, 3.8) is 0 Å². The molecule has 0 fully saturated rings. The lowest BCUT2D eigenvalue weighted by atomic mass is 10.0. The summed E-state index contributed by atoms with van der Waals surface area (Å²) in [7, 11) is 1.75. The number of pyridine rings is 1. The quantitative estimate of drug-likeness (QED) is 0.437. The lowest BCUT2D eigenvalue weighted by molar-refractivity contribution is 0.102. The Morgan fingerprint density at radius 2 is 1.78 bits per heavy atom. The topological polar surface area (TPSA) is 85.8 Å². The number of nitrogens with one attached hydrogen (secondary N) is 1. The highest BCUT2D eigenvalue weighted by atomic mass is 19.1. The van der Waals surface area contributed by atoms with Crippen molar-refractivity contribution in [3.05, 3.63) is 83.8 Å². The number of benzene rings is 2. The molecule has 0 bridgehead atoms. The van der Waals surface area contributed by atoms with Gasteiger partial charge in [-0.1, -0.05) is 35.5 Å². The van der Waals surface area contributed by atoms with Crippen LogP contribution in [0.3, 0.4) is 0 Å². The van der Waals surface area contributed by atoms with E-state index in [2.05, 4.69) is 20.6 Å². The fraction of sp³-hybridized carbons (Fsp3) is 0.0833. The van der Waals surface area contributed by atoms with Gasteiger partial charge in [0.15, 0.2) is 0 Å². The number of carbonyl (C=O) groups is 1. The number of halogens is 1. The number of aromatic nitrogens is 4. The number of carbonyl (C=O) groups excluding carboxylic acids is 1. The molecule has 3 heterocycles. The first-order valence-corrected chi connectivity index (χ1v) is 9.93. The van der Waals surface area contributed by atoms with Gasteiger partial charge in [0.25, 0.3) is 11.6 Å². The third kappa shape index (κ3) is 3.51. The highest BCUT2D eigenvalue weighted by molar-refractivity contribution is 6.15. The summed E-state index contributed by atoms with van der Waals surface area (Å²) in [5.41, 5.74) is 3.78. The van der Waals surface area contributed by atoms with Crippen LogP contribution in [-0.2, 0) is 7.05 Å². The van der Waals surface area contributed by atoms with Crippen LogP contribution in [0.5, 0.6) is 0 Å². The molecular weight excluding hydrogens is 409 g/mol. The molecule has 1 amide bonds. The van der Waals surface area contributed by atoms with E-state index in [1.807, 2.05) is 37.3 Å².